The number of ether oxygens (including phenoxy) is 4. The number of carbonyl (C=O) groups excluding carboxylic acids is 1. The number of hydrogen-bond donors (Lipinski definition) is 0. The zero-order valence-corrected chi connectivity index (χ0v) is 17.8. The van der Waals surface area contributed by atoms with E-state index >= 15 is 0 Å². The van der Waals surface area contributed by atoms with Crippen LogP contribution in [0.25, 0.3) is 0 Å². The molecule has 7 atom stereocenters. The zero-order chi connectivity index (χ0) is 19.7. The molecule has 160 valence electrons. The van der Waals surface area contributed by atoms with Crippen LogP contribution in [0.3, 0.4) is 0 Å². The quantitative estimate of drug-likeness (QED) is 0.618. The molecule has 7 fully saturated rings. The van der Waals surface area contributed by atoms with Crippen LogP contribution in [-0.2, 0) is 23.7 Å². The van der Waals surface area contributed by atoms with E-state index in [9.17, 15) is 4.79 Å². The lowest BCUT2D eigenvalue weighted by atomic mass is 9.43. The first-order valence-electron chi connectivity index (χ1n) is 12.0. The van der Waals surface area contributed by atoms with Gasteiger partial charge >= 0.3 is 0 Å². The Hall–Kier alpha value is -0.490. The summed E-state index contributed by atoms with van der Waals surface area (Å²) in [6.07, 6.45) is 8.24. The third-order valence-corrected chi connectivity index (χ3v) is 11.1. The van der Waals surface area contributed by atoms with Crippen molar-refractivity contribution in [3.63, 3.8) is 0 Å². The van der Waals surface area contributed by atoms with Crippen LogP contribution in [-0.4, -0.2) is 43.8 Å². The van der Waals surface area contributed by atoms with Crippen molar-refractivity contribution in [2.45, 2.75) is 76.8 Å². The predicted octanol–water partition coefficient (Wildman–Crippen LogP) is 3.69. The monoisotopic (exact) mass is 402 g/mol. The zero-order valence-electron chi connectivity index (χ0n) is 17.8. The summed E-state index contributed by atoms with van der Waals surface area (Å²) in [5, 5.41) is 0. The summed E-state index contributed by atoms with van der Waals surface area (Å²) in [5.41, 5.74) is 0.212. The van der Waals surface area contributed by atoms with Crippen LogP contribution in [0.5, 0.6) is 0 Å². The number of hydrogen-bond acceptors (Lipinski definition) is 5. The van der Waals surface area contributed by atoms with Gasteiger partial charge in [0.2, 0.25) is 0 Å². The van der Waals surface area contributed by atoms with Crippen molar-refractivity contribution < 1.29 is 23.7 Å². The molecule has 0 N–H and O–H groups in total. The topological polar surface area (TPSA) is 54.0 Å². The molecule has 0 bridgehead atoms. The fourth-order valence-corrected chi connectivity index (χ4v) is 9.80. The van der Waals surface area contributed by atoms with E-state index in [4.69, 9.17) is 18.9 Å². The van der Waals surface area contributed by atoms with Gasteiger partial charge in [0.1, 0.15) is 5.78 Å². The standard InChI is InChI=1S/C24H34O5/c1-20-5-6-23(26-7-8-27-23)14-22(20)12-15(22)11-16-17-3-4-24(28-9-10-29-24)21(17,2)13-18(25)19(16)20/h15-17,19H,3-14H2,1-2H3/t15-,16+,17+,19-,20-,21+,22-/m1/s1. The van der Waals surface area contributed by atoms with Gasteiger partial charge in [0.25, 0.3) is 0 Å². The smallest absolute Gasteiger partial charge is 0.174 e. The van der Waals surface area contributed by atoms with E-state index < -0.39 is 5.79 Å². The second-order valence-electron chi connectivity index (χ2n) is 11.8. The molecule has 7 aliphatic rings. The van der Waals surface area contributed by atoms with E-state index in [1.54, 1.807) is 0 Å². The van der Waals surface area contributed by atoms with Gasteiger partial charge in [-0.3, -0.25) is 4.79 Å². The molecule has 5 heteroatoms. The Morgan fingerprint density at radius 3 is 2.38 bits per heavy atom. The summed E-state index contributed by atoms with van der Waals surface area (Å²) in [4.78, 5) is 13.9. The highest BCUT2D eigenvalue weighted by Gasteiger charge is 2.79. The van der Waals surface area contributed by atoms with Crippen LogP contribution in [0.4, 0.5) is 0 Å². The van der Waals surface area contributed by atoms with E-state index in [1.165, 1.54) is 12.8 Å². The number of ketones is 1. The van der Waals surface area contributed by atoms with Crippen molar-refractivity contribution in [2.24, 2.45) is 39.9 Å². The normalized spacial score (nSPS) is 56.1. The van der Waals surface area contributed by atoms with E-state index in [1.807, 2.05) is 0 Å². The lowest BCUT2D eigenvalue weighted by Gasteiger charge is -2.61. The van der Waals surface area contributed by atoms with Gasteiger partial charge in [-0.25, -0.2) is 0 Å². The van der Waals surface area contributed by atoms with Gasteiger partial charge in [-0.2, -0.15) is 0 Å². The molecular weight excluding hydrogens is 368 g/mol. The maximum atomic E-state index is 13.9. The van der Waals surface area contributed by atoms with Crippen molar-refractivity contribution >= 4 is 5.78 Å². The second-order valence-corrected chi connectivity index (χ2v) is 11.8. The molecule has 0 aromatic heterocycles. The molecule has 5 saturated carbocycles. The molecule has 2 saturated heterocycles. The number of fused-ring (bicyclic) bond motifs is 5. The first-order chi connectivity index (χ1) is 13.9. The highest BCUT2D eigenvalue weighted by molar-refractivity contribution is 5.85. The van der Waals surface area contributed by atoms with Crippen molar-refractivity contribution in [1.82, 2.24) is 0 Å². The minimum absolute atomic E-state index is 0.104. The third kappa shape index (κ3) is 1.92. The summed E-state index contributed by atoms with van der Waals surface area (Å²) in [6, 6.07) is 0. The lowest BCUT2D eigenvalue weighted by molar-refractivity contribution is -0.254. The molecule has 0 aromatic rings. The Kier molecular flexibility index (Phi) is 3.30. The van der Waals surface area contributed by atoms with Crippen LogP contribution in [0.1, 0.15) is 65.2 Å². The van der Waals surface area contributed by atoms with Crippen LogP contribution in [0.2, 0.25) is 0 Å². The number of carbonyl (C=O) groups is 1. The molecule has 0 unspecified atom stereocenters. The first kappa shape index (κ1) is 18.1. The van der Waals surface area contributed by atoms with E-state index in [2.05, 4.69) is 13.8 Å². The summed E-state index contributed by atoms with van der Waals surface area (Å²) in [5.74, 6) is 1.62. The van der Waals surface area contributed by atoms with E-state index in [0.29, 0.717) is 37.3 Å². The molecule has 0 radical (unpaired) electrons. The summed E-state index contributed by atoms with van der Waals surface area (Å²) >= 11 is 0. The molecule has 2 heterocycles. The third-order valence-electron chi connectivity index (χ3n) is 11.1. The van der Waals surface area contributed by atoms with E-state index in [0.717, 1.165) is 51.2 Å². The Labute approximate surface area is 173 Å². The predicted molar refractivity (Wildman–Crippen MR) is 104 cm³/mol. The molecule has 7 rings (SSSR count). The molecule has 2 aliphatic heterocycles. The molecule has 29 heavy (non-hydrogen) atoms. The van der Waals surface area contributed by atoms with Crippen LogP contribution < -0.4 is 0 Å². The van der Waals surface area contributed by atoms with Gasteiger partial charge < -0.3 is 18.9 Å². The van der Waals surface area contributed by atoms with Gasteiger partial charge in [0.05, 0.1) is 26.4 Å². The van der Waals surface area contributed by atoms with Crippen molar-refractivity contribution in [2.75, 3.05) is 26.4 Å². The highest BCUT2D eigenvalue weighted by Crippen LogP contribution is 2.81. The van der Waals surface area contributed by atoms with Crippen molar-refractivity contribution in [1.29, 1.82) is 0 Å². The van der Waals surface area contributed by atoms with Gasteiger partial charge in [-0.05, 0) is 54.3 Å². The number of Topliss-reactive ketones (excluding diaryl/α,β-unsaturated/α-hetero) is 1. The Morgan fingerprint density at radius 2 is 1.62 bits per heavy atom. The summed E-state index contributed by atoms with van der Waals surface area (Å²) in [6.45, 7) is 7.57. The molecule has 3 spiro atoms. The lowest BCUT2D eigenvalue weighted by Crippen LogP contribution is -2.62. The average molecular weight is 403 g/mol. The van der Waals surface area contributed by atoms with Gasteiger partial charge in [-0.15, -0.1) is 0 Å². The summed E-state index contributed by atoms with van der Waals surface area (Å²) in [7, 11) is 0. The van der Waals surface area contributed by atoms with Gasteiger partial charge in [0, 0.05) is 37.0 Å². The molecular formula is C24H34O5. The SMILES string of the molecule is C[C@]12CC(=O)[C@H]3[C@@H](C[C@@H]4C[C@@]45CC4(CC[C@]35C)OCCO4)[C@@H]1CCC21OCCO1. The summed E-state index contributed by atoms with van der Waals surface area (Å²) < 4.78 is 24.7. The highest BCUT2D eigenvalue weighted by atomic mass is 16.7. The maximum absolute atomic E-state index is 13.9. The maximum Gasteiger partial charge on any atom is 0.174 e. The van der Waals surface area contributed by atoms with Gasteiger partial charge in [0.15, 0.2) is 11.6 Å². The Balaban J connectivity index is 1.26. The van der Waals surface area contributed by atoms with Crippen LogP contribution >= 0.6 is 0 Å². The average Bonchev–Trinajstić information content (AvgIpc) is 3.06. The molecule has 0 amide bonds. The fraction of sp³-hybridized carbons (Fsp3) is 0.958. The molecule has 5 nitrogen and oxygen atoms in total. The van der Waals surface area contributed by atoms with Crippen molar-refractivity contribution in [3.05, 3.63) is 0 Å². The van der Waals surface area contributed by atoms with Crippen LogP contribution in [0.15, 0.2) is 0 Å². The largest absolute Gasteiger partial charge is 0.348 e. The molecule has 0 aromatic carbocycles. The Bertz CT molecular complexity index is 767. The second kappa shape index (κ2) is 5.28. The number of rotatable bonds is 0. The first-order valence-corrected chi connectivity index (χ1v) is 12.0. The Morgan fingerprint density at radius 1 is 0.897 bits per heavy atom. The minimum Gasteiger partial charge on any atom is -0.348 e. The minimum atomic E-state index is -0.501. The fourth-order valence-electron chi connectivity index (χ4n) is 9.80. The molecule has 5 aliphatic carbocycles. The van der Waals surface area contributed by atoms with E-state index in [-0.39, 0.29) is 27.9 Å². The van der Waals surface area contributed by atoms with Crippen molar-refractivity contribution in [3.8, 4) is 0 Å². The van der Waals surface area contributed by atoms with Gasteiger partial charge in [-0.1, -0.05) is 13.8 Å². The van der Waals surface area contributed by atoms with Crippen LogP contribution in [0, 0.1) is 39.9 Å².